The van der Waals surface area contributed by atoms with E-state index in [4.69, 9.17) is 4.74 Å². The summed E-state index contributed by atoms with van der Waals surface area (Å²) in [6.45, 7) is 3.55. The summed E-state index contributed by atoms with van der Waals surface area (Å²) >= 11 is 0. The van der Waals surface area contributed by atoms with Crippen LogP contribution in [0.4, 0.5) is 0 Å². The van der Waals surface area contributed by atoms with E-state index < -0.39 is 0 Å². The lowest BCUT2D eigenvalue weighted by atomic mass is 9.92. The molecule has 0 atom stereocenters. The largest absolute Gasteiger partial charge is 0.466 e. The van der Waals surface area contributed by atoms with Crippen molar-refractivity contribution < 1.29 is 4.74 Å². The highest BCUT2D eigenvalue weighted by molar-refractivity contribution is 5.37. The van der Waals surface area contributed by atoms with Crippen molar-refractivity contribution in [3.8, 4) is 5.75 Å². The van der Waals surface area contributed by atoms with Crippen LogP contribution in [0.1, 0.15) is 24.0 Å². The lowest BCUT2D eigenvalue weighted by Gasteiger charge is -2.15. The molecule has 0 heterocycles. The highest BCUT2D eigenvalue weighted by Gasteiger charge is 2.09. The summed E-state index contributed by atoms with van der Waals surface area (Å²) in [7, 11) is 0. The topological polar surface area (TPSA) is 9.23 Å². The molecule has 0 unspecified atom stereocenters. The molecule has 1 aromatic rings. The Morgan fingerprint density at radius 1 is 1.15 bits per heavy atom. The molecule has 13 heavy (non-hydrogen) atoms. The Bertz CT molecular complexity index is 315. The number of rotatable bonds is 2. The smallest absolute Gasteiger partial charge is 0.126 e. The van der Waals surface area contributed by atoms with E-state index in [0.29, 0.717) is 0 Å². The summed E-state index contributed by atoms with van der Waals surface area (Å²) < 4.78 is 5.24. The van der Waals surface area contributed by atoms with E-state index in [1.54, 1.807) is 0 Å². The molecular weight excluding hydrogens is 160 g/mol. The first kappa shape index (κ1) is 8.36. The molecule has 0 N–H and O–H groups in total. The van der Waals surface area contributed by atoms with Gasteiger partial charge in [-0.25, -0.2) is 0 Å². The Hall–Kier alpha value is -1.24. The Morgan fingerprint density at radius 3 is 2.69 bits per heavy atom. The number of fused-ring (bicyclic) bond motifs is 1. The molecular formula is C12H14O. The van der Waals surface area contributed by atoms with E-state index in [9.17, 15) is 0 Å². The molecule has 1 nitrogen and oxygen atoms in total. The third-order valence-electron chi connectivity index (χ3n) is 2.54. The van der Waals surface area contributed by atoms with Crippen LogP contribution in [0.5, 0.6) is 5.75 Å². The summed E-state index contributed by atoms with van der Waals surface area (Å²) in [6.07, 6.45) is 6.54. The Kier molecular flexibility index (Phi) is 2.35. The van der Waals surface area contributed by atoms with Crippen molar-refractivity contribution in [1.82, 2.24) is 0 Å². The van der Waals surface area contributed by atoms with Crippen molar-refractivity contribution in [1.29, 1.82) is 0 Å². The fourth-order valence-electron chi connectivity index (χ4n) is 1.88. The van der Waals surface area contributed by atoms with Crippen LogP contribution in [0.25, 0.3) is 0 Å². The van der Waals surface area contributed by atoms with Crippen LogP contribution in [-0.4, -0.2) is 0 Å². The van der Waals surface area contributed by atoms with E-state index in [2.05, 4.69) is 18.7 Å². The van der Waals surface area contributed by atoms with E-state index in [1.807, 2.05) is 6.07 Å². The highest BCUT2D eigenvalue weighted by Crippen LogP contribution is 2.25. The molecule has 1 aliphatic carbocycles. The first-order valence-electron chi connectivity index (χ1n) is 4.79. The summed E-state index contributed by atoms with van der Waals surface area (Å²) in [4.78, 5) is 0. The monoisotopic (exact) mass is 174 g/mol. The van der Waals surface area contributed by atoms with Crippen LogP contribution < -0.4 is 4.74 Å². The van der Waals surface area contributed by atoms with Crippen molar-refractivity contribution in [2.75, 3.05) is 0 Å². The Labute approximate surface area is 79.0 Å². The van der Waals surface area contributed by atoms with Crippen molar-refractivity contribution in [2.45, 2.75) is 25.7 Å². The molecule has 1 aromatic carbocycles. The van der Waals surface area contributed by atoms with Gasteiger partial charge in [0.25, 0.3) is 0 Å². The molecule has 0 bridgehead atoms. The van der Waals surface area contributed by atoms with Gasteiger partial charge in [0.15, 0.2) is 0 Å². The average molecular weight is 174 g/mol. The zero-order valence-electron chi connectivity index (χ0n) is 7.75. The van der Waals surface area contributed by atoms with E-state index in [-0.39, 0.29) is 0 Å². The van der Waals surface area contributed by atoms with Crippen LogP contribution >= 0.6 is 0 Å². The van der Waals surface area contributed by atoms with Crippen LogP contribution in [0, 0.1) is 0 Å². The third-order valence-corrected chi connectivity index (χ3v) is 2.54. The second kappa shape index (κ2) is 3.65. The maximum atomic E-state index is 5.24. The molecule has 0 radical (unpaired) electrons. The van der Waals surface area contributed by atoms with Crippen LogP contribution in [-0.2, 0) is 12.8 Å². The minimum absolute atomic E-state index is 0.913. The van der Waals surface area contributed by atoms with Gasteiger partial charge in [0.2, 0.25) is 0 Å². The third kappa shape index (κ3) is 1.74. The van der Waals surface area contributed by atoms with Gasteiger partial charge in [0, 0.05) is 0 Å². The van der Waals surface area contributed by atoms with Gasteiger partial charge in [-0.2, -0.15) is 0 Å². The molecule has 0 saturated carbocycles. The highest BCUT2D eigenvalue weighted by atomic mass is 16.5. The number of aryl methyl sites for hydroxylation is 2. The molecule has 1 aliphatic rings. The van der Waals surface area contributed by atoms with Gasteiger partial charge in [0.1, 0.15) is 5.75 Å². The van der Waals surface area contributed by atoms with Gasteiger partial charge >= 0.3 is 0 Å². The van der Waals surface area contributed by atoms with Crippen molar-refractivity contribution in [2.24, 2.45) is 0 Å². The first-order chi connectivity index (χ1) is 6.40. The molecule has 2 rings (SSSR count). The van der Waals surface area contributed by atoms with Crippen LogP contribution in [0.2, 0.25) is 0 Å². The molecule has 0 amide bonds. The lowest BCUT2D eigenvalue weighted by molar-refractivity contribution is 0.481. The summed E-state index contributed by atoms with van der Waals surface area (Å²) in [5.74, 6) is 0.913. The van der Waals surface area contributed by atoms with Gasteiger partial charge in [-0.15, -0.1) is 0 Å². The van der Waals surface area contributed by atoms with Crippen molar-refractivity contribution in [3.63, 3.8) is 0 Å². The standard InChI is InChI=1S/C12H14O/c1-2-13-12-8-7-10-5-3-4-6-11(10)9-12/h2,7-9H,1,3-6H2. The maximum absolute atomic E-state index is 5.24. The summed E-state index contributed by atoms with van der Waals surface area (Å²) in [5.41, 5.74) is 2.94. The molecule has 0 aliphatic heterocycles. The van der Waals surface area contributed by atoms with Gasteiger partial charge in [0.05, 0.1) is 6.26 Å². The van der Waals surface area contributed by atoms with Crippen LogP contribution in [0.3, 0.4) is 0 Å². The fourth-order valence-corrected chi connectivity index (χ4v) is 1.88. The Balaban J connectivity index is 2.29. The molecule has 0 saturated heterocycles. The minimum Gasteiger partial charge on any atom is -0.466 e. The van der Waals surface area contributed by atoms with Crippen molar-refractivity contribution in [3.05, 3.63) is 42.2 Å². The van der Waals surface area contributed by atoms with E-state index in [1.165, 1.54) is 43.1 Å². The number of hydrogen-bond acceptors (Lipinski definition) is 1. The minimum atomic E-state index is 0.913. The molecule has 0 aromatic heterocycles. The predicted octanol–water partition coefficient (Wildman–Crippen LogP) is 3.09. The molecule has 0 fully saturated rings. The summed E-state index contributed by atoms with van der Waals surface area (Å²) in [6, 6.07) is 6.33. The van der Waals surface area contributed by atoms with Crippen molar-refractivity contribution >= 4 is 0 Å². The Morgan fingerprint density at radius 2 is 1.92 bits per heavy atom. The number of ether oxygens (including phenoxy) is 1. The second-order valence-electron chi connectivity index (χ2n) is 3.42. The molecule has 0 spiro atoms. The second-order valence-corrected chi connectivity index (χ2v) is 3.42. The quantitative estimate of drug-likeness (QED) is 0.626. The zero-order valence-corrected chi connectivity index (χ0v) is 7.75. The first-order valence-corrected chi connectivity index (χ1v) is 4.79. The SMILES string of the molecule is C=COc1ccc2c(c1)CCCC2. The maximum Gasteiger partial charge on any atom is 0.126 e. The van der Waals surface area contributed by atoms with Gasteiger partial charge in [-0.05, 0) is 48.9 Å². The average Bonchev–Trinajstić information content (AvgIpc) is 2.18. The molecule has 68 valence electrons. The van der Waals surface area contributed by atoms with Gasteiger partial charge in [-0.3, -0.25) is 0 Å². The van der Waals surface area contributed by atoms with Crippen LogP contribution in [0.15, 0.2) is 31.0 Å². The van der Waals surface area contributed by atoms with Gasteiger partial charge < -0.3 is 4.74 Å². The lowest BCUT2D eigenvalue weighted by Crippen LogP contribution is -2.02. The zero-order chi connectivity index (χ0) is 9.10. The predicted molar refractivity (Wildman–Crippen MR) is 53.9 cm³/mol. The number of benzene rings is 1. The normalized spacial score (nSPS) is 14.8. The molecule has 1 heteroatoms. The van der Waals surface area contributed by atoms with E-state index in [0.717, 1.165) is 5.75 Å². The van der Waals surface area contributed by atoms with E-state index >= 15 is 0 Å². The number of hydrogen-bond donors (Lipinski definition) is 0. The fraction of sp³-hybridized carbons (Fsp3) is 0.333. The van der Waals surface area contributed by atoms with Gasteiger partial charge in [-0.1, -0.05) is 12.6 Å². The summed E-state index contributed by atoms with van der Waals surface area (Å²) in [5, 5.41) is 0.